The molecule has 7 nitrogen and oxygen atoms in total. The number of amides is 2. The van der Waals surface area contributed by atoms with E-state index in [0.717, 1.165) is 28.4 Å². The number of rotatable bonds is 7. The lowest BCUT2D eigenvalue weighted by Crippen LogP contribution is -2.37. The average Bonchev–Trinajstić information content (AvgIpc) is 3.06. The third kappa shape index (κ3) is 4.99. The summed E-state index contributed by atoms with van der Waals surface area (Å²) in [5, 5.41) is 10.5. The van der Waals surface area contributed by atoms with Crippen molar-refractivity contribution >= 4 is 11.7 Å². The van der Waals surface area contributed by atoms with Gasteiger partial charge < -0.3 is 20.3 Å². The highest BCUT2D eigenvalue weighted by Crippen LogP contribution is 2.23. The highest BCUT2D eigenvalue weighted by Gasteiger charge is 2.17. The van der Waals surface area contributed by atoms with Crippen LogP contribution in [0, 0.1) is 13.8 Å². The molecule has 0 saturated carbocycles. The maximum atomic E-state index is 12.7. The summed E-state index contributed by atoms with van der Waals surface area (Å²) in [6, 6.07) is 17.3. The van der Waals surface area contributed by atoms with Gasteiger partial charge in [-0.05, 0) is 63.8 Å². The molecular formula is C23H29N5O2. The van der Waals surface area contributed by atoms with E-state index in [4.69, 9.17) is 4.74 Å². The Morgan fingerprint density at radius 2 is 1.90 bits per heavy atom. The summed E-state index contributed by atoms with van der Waals surface area (Å²) in [6.07, 6.45) is 0. The molecule has 3 aromatic rings. The number of carbonyl (C=O) groups excluding carboxylic acids is 1. The largest absolute Gasteiger partial charge is 0.497 e. The van der Waals surface area contributed by atoms with Crippen LogP contribution in [0.3, 0.4) is 0 Å². The number of para-hydroxylation sites is 2. The standard InChI is InChI=1S/C23H29N5O2/c1-16-13-17(2)28(26-16)21-12-7-6-11-20(21)25-23(29)24-15-22(27(3)4)18-9-8-10-19(14-18)30-5/h6-14,22H,15H2,1-5H3,(H2,24,25,29). The number of aromatic nitrogens is 2. The first kappa shape index (κ1) is 21.4. The Labute approximate surface area is 177 Å². The molecule has 0 aliphatic carbocycles. The van der Waals surface area contributed by atoms with Crippen molar-refractivity contribution in [2.24, 2.45) is 0 Å². The van der Waals surface area contributed by atoms with Crippen molar-refractivity contribution < 1.29 is 9.53 Å². The Balaban J connectivity index is 1.72. The van der Waals surface area contributed by atoms with Crippen molar-refractivity contribution in [1.29, 1.82) is 0 Å². The van der Waals surface area contributed by atoms with Crippen LogP contribution in [0.2, 0.25) is 0 Å². The first-order chi connectivity index (χ1) is 14.4. The van der Waals surface area contributed by atoms with Gasteiger partial charge in [0.25, 0.3) is 0 Å². The molecule has 1 atom stereocenters. The second-order valence-corrected chi connectivity index (χ2v) is 7.45. The number of benzene rings is 2. The maximum Gasteiger partial charge on any atom is 0.319 e. The number of nitrogens with one attached hydrogen (secondary N) is 2. The van der Waals surface area contributed by atoms with Gasteiger partial charge in [0, 0.05) is 12.2 Å². The first-order valence-corrected chi connectivity index (χ1v) is 9.87. The summed E-state index contributed by atoms with van der Waals surface area (Å²) < 4.78 is 7.17. The number of methoxy groups -OCH3 is 1. The SMILES string of the molecule is COc1cccc(C(CNC(=O)Nc2ccccc2-n2nc(C)cc2C)N(C)C)c1. The molecule has 0 bridgehead atoms. The van der Waals surface area contributed by atoms with Gasteiger partial charge in [0.05, 0.1) is 30.2 Å². The van der Waals surface area contributed by atoms with Crippen molar-refractivity contribution in [2.75, 3.05) is 33.1 Å². The van der Waals surface area contributed by atoms with E-state index < -0.39 is 0 Å². The van der Waals surface area contributed by atoms with Crippen LogP contribution in [-0.2, 0) is 0 Å². The van der Waals surface area contributed by atoms with Gasteiger partial charge >= 0.3 is 6.03 Å². The predicted octanol–water partition coefficient (Wildman–Crippen LogP) is 3.92. The monoisotopic (exact) mass is 407 g/mol. The van der Waals surface area contributed by atoms with E-state index in [1.54, 1.807) is 7.11 Å². The average molecular weight is 408 g/mol. The van der Waals surface area contributed by atoms with Crippen LogP contribution in [0.1, 0.15) is 23.0 Å². The van der Waals surface area contributed by atoms with E-state index in [-0.39, 0.29) is 12.1 Å². The highest BCUT2D eigenvalue weighted by molar-refractivity contribution is 5.91. The minimum absolute atomic E-state index is 0.0112. The molecule has 1 aromatic heterocycles. The van der Waals surface area contributed by atoms with Crippen LogP contribution in [0.4, 0.5) is 10.5 Å². The molecule has 158 valence electrons. The normalized spacial score (nSPS) is 11.9. The zero-order chi connectivity index (χ0) is 21.7. The molecule has 2 N–H and O–H groups in total. The smallest absolute Gasteiger partial charge is 0.319 e. The topological polar surface area (TPSA) is 71.4 Å². The number of hydrogen-bond donors (Lipinski definition) is 2. The molecule has 2 aromatic carbocycles. The van der Waals surface area contributed by atoms with E-state index in [2.05, 4.69) is 20.6 Å². The zero-order valence-electron chi connectivity index (χ0n) is 18.1. The Hall–Kier alpha value is -3.32. The molecule has 0 radical (unpaired) electrons. The van der Waals surface area contributed by atoms with Crippen LogP contribution in [0.15, 0.2) is 54.6 Å². The third-order valence-electron chi connectivity index (χ3n) is 4.95. The molecule has 1 unspecified atom stereocenters. The van der Waals surface area contributed by atoms with Crippen molar-refractivity contribution in [1.82, 2.24) is 20.0 Å². The number of nitrogens with zero attached hydrogens (tertiary/aromatic N) is 3. The van der Waals surface area contributed by atoms with E-state index in [9.17, 15) is 4.79 Å². The van der Waals surface area contributed by atoms with Crippen molar-refractivity contribution in [3.63, 3.8) is 0 Å². The number of likely N-dealkylation sites (N-methyl/N-ethyl adjacent to an activating group) is 1. The van der Waals surface area contributed by atoms with Crippen molar-refractivity contribution in [2.45, 2.75) is 19.9 Å². The molecule has 0 spiro atoms. The molecule has 1 heterocycles. The van der Waals surface area contributed by atoms with Gasteiger partial charge in [-0.1, -0.05) is 24.3 Å². The number of urea groups is 1. The van der Waals surface area contributed by atoms with Gasteiger partial charge in [0.15, 0.2) is 0 Å². The van der Waals surface area contributed by atoms with Crippen LogP contribution < -0.4 is 15.4 Å². The fraction of sp³-hybridized carbons (Fsp3) is 0.304. The lowest BCUT2D eigenvalue weighted by molar-refractivity contribution is 0.243. The minimum Gasteiger partial charge on any atom is -0.497 e. The van der Waals surface area contributed by atoms with Gasteiger partial charge in [-0.2, -0.15) is 5.10 Å². The van der Waals surface area contributed by atoms with Crippen molar-refractivity contribution in [3.8, 4) is 11.4 Å². The fourth-order valence-electron chi connectivity index (χ4n) is 3.44. The summed E-state index contributed by atoms with van der Waals surface area (Å²) in [7, 11) is 5.62. The molecule has 0 aliphatic rings. The number of anilines is 1. The molecule has 30 heavy (non-hydrogen) atoms. The quantitative estimate of drug-likeness (QED) is 0.623. The maximum absolute atomic E-state index is 12.7. The fourth-order valence-corrected chi connectivity index (χ4v) is 3.44. The zero-order valence-corrected chi connectivity index (χ0v) is 18.1. The van der Waals surface area contributed by atoms with Crippen LogP contribution >= 0.6 is 0 Å². The Bertz CT molecular complexity index is 1010. The lowest BCUT2D eigenvalue weighted by atomic mass is 10.1. The number of hydrogen-bond acceptors (Lipinski definition) is 4. The lowest BCUT2D eigenvalue weighted by Gasteiger charge is -2.25. The molecule has 0 fully saturated rings. The Kier molecular flexibility index (Phi) is 6.74. The third-order valence-corrected chi connectivity index (χ3v) is 4.95. The summed E-state index contributed by atoms with van der Waals surface area (Å²) in [5.41, 5.74) is 4.54. The highest BCUT2D eigenvalue weighted by atomic mass is 16.5. The minimum atomic E-state index is -0.265. The molecule has 2 amide bonds. The molecule has 7 heteroatoms. The van der Waals surface area contributed by atoms with Crippen LogP contribution in [-0.4, -0.2) is 48.5 Å². The molecule has 0 saturated heterocycles. The Morgan fingerprint density at radius 1 is 1.13 bits per heavy atom. The summed E-state index contributed by atoms with van der Waals surface area (Å²) >= 11 is 0. The van der Waals surface area contributed by atoms with E-state index in [1.165, 1.54) is 0 Å². The van der Waals surface area contributed by atoms with Gasteiger partial charge in [0.1, 0.15) is 5.75 Å². The molecule has 0 aliphatic heterocycles. The Morgan fingerprint density at radius 3 is 2.57 bits per heavy atom. The van der Waals surface area contributed by atoms with Gasteiger partial charge in [-0.15, -0.1) is 0 Å². The number of ether oxygens (including phenoxy) is 1. The van der Waals surface area contributed by atoms with Crippen LogP contribution in [0.5, 0.6) is 5.75 Å². The van der Waals surface area contributed by atoms with Crippen molar-refractivity contribution in [3.05, 3.63) is 71.5 Å². The second kappa shape index (κ2) is 9.45. The predicted molar refractivity (Wildman–Crippen MR) is 119 cm³/mol. The summed E-state index contributed by atoms with van der Waals surface area (Å²) in [6.45, 7) is 4.40. The summed E-state index contributed by atoms with van der Waals surface area (Å²) in [4.78, 5) is 14.7. The number of aryl methyl sites for hydroxylation is 2. The van der Waals surface area contributed by atoms with Crippen LogP contribution in [0.25, 0.3) is 5.69 Å². The van der Waals surface area contributed by atoms with E-state index >= 15 is 0 Å². The first-order valence-electron chi connectivity index (χ1n) is 9.87. The number of carbonyl (C=O) groups is 1. The summed E-state index contributed by atoms with van der Waals surface area (Å²) in [5.74, 6) is 0.794. The molecule has 3 rings (SSSR count). The molecular weight excluding hydrogens is 378 g/mol. The van der Waals surface area contributed by atoms with E-state index in [1.807, 2.05) is 87.2 Å². The van der Waals surface area contributed by atoms with Gasteiger partial charge in [-0.3, -0.25) is 0 Å². The van der Waals surface area contributed by atoms with Gasteiger partial charge in [0.2, 0.25) is 0 Å². The van der Waals surface area contributed by atoms with E-state index in [0.29, 0.717) is 12.2 Å². The second-order valence-electron chi connectivity index (χ2n) is 7.45. The van der Waals surface area contributed by atoms with Gasteiger partial charge in [-0.25, -0.2) is 9.48 Å².